The molecule has 2 rings (SSSR count). The van der Waals surface area contributed by atoms with Crippen LogP contribution in [0.15, 0.2) is 47.8 Å². The summed E-state index contributed by atoms with van der Waals surface area (Å²) in [4.78, 5) is 30.0. The van der Waals surface area contributed by atoms with Gasteiger partial charge in [0.2, 0.25) is 11.8 Å². The molecule has 0 saturated heterocycles. The average molecular weight is 389 g/mol. The standard InChI is InChI=1S/C21H28N2O3S/c1-17(2)12-22(21(25)16-26-3)15-20(24)23(14-19-10-7-11-27-19)13-18-8-5-4-6-9-18/h4-11,17H,12-16H2,1-3H3. The van der Waals surface area contributed by atoms with E-state index >= 15 is 0 Å². The van der Waals surface area contributed by atoms with Crippen molar-refractivity contribution in [3.05, 3.63) is 58.3 Å². The molecule has 5 nitrogen and oxygen atoms in total. The highest BCUT2D eigenvalue weighted by atomic mass is 32.1. The monoisotopic (exact) mass is 388 g/mol. The van der Waals surface area contributed by atoms with Crippen LogP contribution in [0.5, 0.6) is 0 Å². The van der Waals surface area contributed by atoms with Crippen molar-refractivity contribution in [1.82, 2.24) is 9.80 Å². The minimum atomic E-state index is -0.157. The number of ether oxygens (including phenoxy) is 1. The fraction of sp³-hybridized carbons (Fsp3) is 0.429. The van der Waals surface area contributed by atoms with Crippen molar-refractivity contribution >= 4 is 23.2 Å². The molecular weight excluding hydrogens is 360 g/mol. The molecule has 146 valence electrons. The number of amides is 2. The lowest BCUT2D eigenvalue weighted by molar-refractivity contribution is -0.143. The molecule has 1 aromatic carbocycles. The van der Waals surface area contributed by atoms with Crippen LogP contribution in [0.4, 0.5) is 0 Å². The van der Waals surface area contributed by atoms with Crippen LogP contribution in [0.2, 0.25) is 0 Å². The summed E-state index contributed by atoms with van der Waals surface area (Å²) in [5.74, 6) is 0.0613. The predicted molar refractivity (Wildman–Crippen MR) is 108 cm³/mol. The van der Waals surface area contributed by atoms with Crippen molar-refractivity contribution in [2.24, 2.45) is 5.92 Å². The Morgan fingerprint density at radius 2 is 1.74 bits per heavy atom. The Hall–Kier alpha value is -2.18. The molecule has 0 unspecified atom stereocenters. The first-order valence-electron chi connectivity index (χ1n) is 9.10. The van der Waals surface area contributed by atoms with Gasteiger partial charge < -0.3 is 14.5 Å². The van der Waals surface area contributed by atoms with E-state index in [1.165, 1.54) is 7.11 Å². The third-order valence-corrected chi connectivity index (χ3v) is 4.89. The third-order valence-electron chi connectivity index (χ3n) is 4.03. The van der Waals surface area contributed by atoms with Crippen LogP contribution in [0.3, 0.4) is 0 Å². The van der Waals surface area contributed by atoms with E-state index in [-0.39, 0.29) is 30.9 Å². The Morgan fingerprint density at radius 3 is 2.33 bits per heavy atom. The second-order valence-electron chi connectivity index (χ2n) is 6.92. The Bertz CT molecular complexity index is 701. The minimum absolute atomic E-state index is 0.0103. The lowest BCUT2D eigenvalue weighted by Gasteiger charge is -2.28. The first kappa shape index (κ1) is 21.1. The van der Waals surface area contributed by atoms with E-state index in [9.17, 15) is 9.59 Å². The molecule has 27 heavy (non-hydrogen) atoms. The number of hydrogen-bond acceptors (Lipinski definition) is 4. The number of thiophene rings is 1. The highest BCUT2D eigenvalue weighted by molar-refractivity contribution is 7.09. The fourth-order valence-electron chi connectivity index (χ4n) is 2.80. The van der Waals surface area contributed by atoms with Gasteiger partial charge in [-0.15, -0.1) is 11.3 Å². The SMILES string of the molecule is COCC(=O)N(CC(=O)N(Cc1ccccc1)Cc1cccs1)CC(C)C. The Labute approximate surface area is 165 Å². The fourth-order valence-corrected chi connectivity index (χ4v) is 3.52. The smallest absolute Gasteiger partial charge is 0.249 e. The first-order valence-corrected chi connectivity index (χ1v) is 9.98. The third kappa shape index (κ3) is 7.15. The van der Waals surface area contributed by atoms with Crippen molar-refractivity contribution in [1.29, 1.82) is 0 Å². The second-order valence-corrected chi connectivity index (χ2v) is 7.95. The number of benzene rings is 1. The van der Waals surface area contributed by atoms with Crippen molar-refractivity contribution in [2.75, 3.05) is 26.8 Å². The lowest BCUT2D eigenvalue weighted by Crippen LogP contribution is -2.45. The maximum Gasteiger partial charge on any atom is 0.249 e. The van der Waals surface area contributed by atoms with Crippen LogP contribution in [-0.2, 0) is 27.4 Å². The predicted octanol–water partition coefficient (Wildman–Crippen LogP) is 3.41. The first-order chi connectivity index (χ1) is 13.0. The van der Waals surface area contributed by atoms with E-state index in [0.717, 1.165) is 10.4 Å². The summed E-state index contributed by atoms with van der Waals surface area (Å²) in [5, 5.41) is 2.01. The maximum atomic E-state index is 13.1. The maximum absolute atomic E-state index is 13.1. The molecular formula is C21H28N2O3S. The molecule has 2 amide bonds. The van der Waals surface area contributed by atoms with Gasteiger partial charge in [0, 0.05) is 25.1 Å². The summed E-state index contributed by atoms with van der Waals surface area (Å²) in [6, 6.07) is 13.9. The minimum Gasteiger partial charge on any atom is -0.375 e. The van der Waals surface area contributed by atoms with Gasteiger partial charge in [0.1, 0.15) is 6.61 Å². The van der Waals surface area contributed by atoms with E-state index in [0.29, 0.717) is 19.6 Å². The van der Waals surface area contributed by atoms with Crippen LogP contribution in [0.1, 0.15) is 24.3 Å². The Kier molecular flexibility index (Phi) is 8.48. The van der Waals surface area contributed by atoms with E-state index in [2.05, 4.69) is 0 Å². The Balaban J connectivity index is 2.13. The van der Waals surface area contributed by atoms with Gasteiger partial charge in [-0.05, 0) is 22.9 Å². The number of nitrogens with zero attached hydrogens (tertiary/aromatic N) is 2. The molecule has 6 heteroatoms. The van der Waals surface area contributed by atoms with E-state index in [1.807, 2.05) is 66.6 Å². The number of carbonyl (C=O) groups is 2. The summed E-state index contributed by atoms with van der Waals surface area (Å²) < 4.78 is 4.97. The molecule has 0 aliphatic rings. The molecule has 0 spiro atoms. The molecule has 1 heterocycles. The van der Waals surface area contributed by atoms with Gasteiger partial charge in [0.25, 0.3) is 0 Å². The second kappa shape index (κ2) is 10.8. The van der Waals surface area contributed by atoms with Gasteiger partial charge in [-0.1, -0.05) is 50.2 Å². The van der Waals surface area contributed by atoms with Crippen molar-refractivity contribution in [3.8, 4) is 0 Å². The molecule has 0 bridgehead atoms. The summed E-state index contributed by atoms with van der Waals surface area (Å²) in [6.07, 6.45) is 0. The Morgan fingerprint density at radius 1 is 1.00 bits per heavy atom. The quantitative estimate of drug-likeness (QED) is 0.627. The van der Waals surface area contributed by atoms with Crippen molar-refractivity contribution < 1.29 is 14.3 Å². The van der Waals surface area contributed by atoms with Crippen LogP contribution >= 0.6 is 11.3 Å². The molecule has 2 aromatic rings. The van der Waals surface area contributed by atoms with Gasteiger partial charge in [-0.3, -0.25) is 9.59 Å². The van der Waals surface area contributed by atoms with Crippen molar-refractivity contribution in [2.45, 2.75) is 26.9 Å². The summed E-state index contributed by atoms with van der Waals surface area (Å²) >= 11 is 1.63. The number of rotatable bonds is 10. The molecule has 0 N–H and O–H groups in total. The molecule has 0 saturated carbocycles. The topological polar surface area (TPSA) is 49.9 Å². The summed E-state index contributed by atoms with van der Waals surface area (Å²) in [7, 11) is 1.49. The molecule has 0 aliphatic carbocycles. The molecule has 1 aromatic heterocycles. The van der Waals surface area contributed by atoms with E-state index < -0.39 is 0 Å². The summed E-state index contributed by atoms with van der Waals surface area (Å²) in [5.41, 5.74) is 1.07. The number of carbonyl (C=O) groups excluding carboxylic acids is 2. The van der Waals surface area contributed by atoms with Crippen LogP contribution in [-0.4, -0.2) is 48.4 Å². The number of hydrogen-bond donors (Lipinski definition) is 0. The van der Waals surface area contributed by atoms with Gasteiger partial charge in [0.05, 0.1) is 13.1 Å². The molecule has 0 aliphatic heterocycles. The zero-order valence-electron chi connectivity index (χ0n) is 16.3. The van der Waals surface area contributed by atoms with Gasteiger partial charge in [-0.2, -0.15) is 0 Å². The van der Waals surface area contributed by atoms with Crippen LogP contribution in [0, 0.1) is 5.92 Å². The highest BCUT2D eigenvalue weighted by Crippen LogP contribution is 2.15. The molecule has 0 fully saturated rings. The molecule has 0 atom stereocenters. The summed E-state index contributed by atoms with van der Waals surface area (Å²) in [6.45, 7) is 5.72. The van der Waals surface area contributed by atoms with Crippen LogP contribution < -0.4 is 0 Å². The normalized spacial score (nSPS) is 10.8. The lowest BCUT2D eigenvalue weighted by atomic mass is 10.2. The van der Waals surface area contributed by atoms with E-state index in [1.54, 1.807) is 16.2 Å². The largest absolute Gasteiger partial charge is 0.375 e. The van der Waals surface area contributed by atoms with Crippen LogP contribution in [0.25, 0.3) is 0 Å². The van der Waals surface area contributed by atoms with Crippen molar-refractivity contribution in [3.63, 3.8) is 0 Å². The van der Waals surface area contributed by atoms with Gasteiger partial charge in [-0.25, -0.2) is 0 Å². The zero-order chi connectivity index (χ0) is 19.6. The molecule has 0 radical (unpaired) electrons. The van der Waals surface area contributed by atoms with Gasteiger partial charge >= 0.3 is 0 Å². The zero-order valence-corrected chi connectivity index (χ0v) is 17.1. The van der Waals surface area contributed by atoms with Gasteiger partial charge in [0.15, 0.2) is 0 Å². The highest BCUT2D eigenvalue weighted by Gasteiger charge is 2.22. The number of methoxy groups -OCH3 is 1. The average Bonchev–Trinajstić information content (AvgIpc) is 3.14. The van der Waals surface area contributed by atoms with E-state index in [4.69, 9.17) is 4.74 Å².